The number of halogens is 4. The number of amides is 4. The number of nitrogens with zero attached hydrogens (tertiary/aromatic N) is 4. The number of carbonyl (C=O) groups excluding carboxylic acids is 4. The standard InChI is InChI=1S/C42H32F4N6O4S2/c1-51(32-3-5-37-25(16-32)7-8-57-37)41(55)35(13-23-9-28(43)17-29(44)10-23)49-39(53)26-15-27(21-47-20-26)40(54)50-36(14-24-11-30(45)18-31(46)12-24)42(56)52(2)33-4-6-38-34(19-33)48-22-58-38/h3-12,15-22,35-36H,13-14H2,1-2H3,(H,49,53)(H,50,54)/t35-,36-/m0/s1. The van der Waals surface area contributed by atoms with E-state index >= 15 is 0 Å². The Kier molecular flexibility index (Phi) is 11.6. The van der Waals surface area contributed by atoms with Gasteiger partial charge in [0.15, 0.2) is 0 Å². The van der Waals surface area contributed by atoms with Gasteiger partial charge in [-0.05, 0) is 94.7 Å². The van der Waals surface area contributed by atoms with Crippen LogP contribution < -0.4 is 20.4 Å². The lowest BCUT2D eigenvalue weighted by atomic mass is 10.0. The van der Waals surface area contributed by atoms with Crippen LogP contribution in [0.15, 0.2) is 108 Å². The molecule has 16 heteroatoms. The van der Waals surface area contributed by atoms with E-state index in [9.17, 15) is 36.7 Å². The Morgan fingerprint density at radius 2 is 1.12 bits per heavy atom. The van der Waals surface area contributed by atoms with E-state index in [2.05, 4.69) is 20.6 Å². The number of fused-ring (bicyclic) bond motifs is 2. The molecular weight excluding hydrogens is 793 g/mol. The highest BCUT2D eigenvalue weighted by molar-refractivity contribution is 7.17. The molecule has 3 aromatic heterocycles. The molecule has 4 aromatic carbocycles. The second-order valence-electron chi connectivity index (χ2n) is 13.4. The monoisotopic (exact) mass is 824 g/mol. The second kappa shape index (κ2) is 16.9. The molecule has 294 valence electrons. The van der Waals surface area contributed by atoms with E-state index < -0.39 is 59.0 Å². The summed E-state index contributed by atoms with van der Waals surface area (Å²) >= 11 is 2.95. The summed E-state index contributed by atoms with van der Waals surface area (Å²) in [6, 6.07) is 16.6. The Morgan fingerprint density at radius 1 is 0.621 bits per heavy atom. The predicted molar refractivity (Wildman–Crippen MR) is 215 cm³/mol. The lowest BCUT2D eigenvalue weighted by Crippen LogP contribution is -2.49. The van der Waals surface area contributed by atoms with Gasteiger partial charge in [0.25, 0.3) is 11.8 Å². The third-order valence-corrected chi connectivity index (χ3v) is 11.1. The van der Waals surface area contributed by atoms with Gasteiger partial charge in [0.05, 0.1) is 26.9 Å². The zero-order valence-corrected chi connectivity index (χ0v) is 32.3. The highest BCUT2D eigenvalue weighted by atomic mass is 32.1. The summed E-state index contributed by atoms with van der Waals surface area (Å²) in [4.78, 5) is 66.4. The van der Waals surface area contributed by atoms with Crippen molar-refractivity contribution in [3.05, 3.63) is 154 Å². The Labute approximate surface area is 336 Å². The third kappa shape index (κ3) is 9.03. The number of rotatable bonds is 12. The number of pyridine rings is 1. The summed E-state index contributed by atoms with van der Waals surface area (Å²) in [5.41, 5.74) is 3.18. The van der Waals surface area contributed by atoms with Crippen LogP contribution in [-0.4, -0.2) is 59.8 Å². The zero-order valence-electron chi connectivity index (χ0n) is 30.7. The van der Waals surface area contributed by atoms with Crippen molar-refractivity contribution in [3.63, 3.8) is 0 Å². The lowest BCUT2D eigenvalue weighted by Gasteiger charge is -2.25. The molecule has 0 fully saturated rings. The third-order valence-electron chi connectivity index (χ3n) is 9.38. The number of thiazole rings is 1. The van der Waals surface area contributed by atoms with Gasteiger partial charge in [0.1, 0.15) is 35.4 Å². The first-order chi connectivity index (χ1) is 27.8. The van der Waals surface area contributed by atoms with Gasteiger partial charge in [0.2, 0.25) is 11.8 Å². The lowest BCUT2D eigenvalue weighted by molar-refractivity contribution is -0.120. The number of hydrogen-bond donors (Lipinski definition) is 2. The molecule has 0 radical (unpaired) electrons. The normalized spacial score (nSPS) is 12.2. The molecule has 0 unspecified atom stereocenters. The van der Waals surface area contributed by atoms with Crippen molar-refractivity contribution in [3.8, 4) is 0 Å². The molecule has 7 rings (SSSR count). The molecule has 0 bridgehead atoms. The van der Waals surface area contributed by atoms with Gasteiger partial charge < -0.3 is 20.4 Å². The zero-order chi connectivity index (χ0) is 41.1. The fourth-order valence-electron chi connectivity index (χ4n) is 6.44. The van der Waals surface area contributed by atoms with Crippen LogP contribution in [0.3, 0.4) is 0 Å². The Hall–Kier alpha value is -6.52. The SMILES string of the molecule is CN(C(=O)[C@H](Cc1cc(F)cc(F)c1)NC(=O)c1cncc(C(=O)N[C@@H](Cc2cc(F)cc(F)c2)C(=O)N(C)c2ccc3scnc3c2)c1)c1ccc2sccc2c1. The first-order valence-electron chi connectivity index (χ1n) is 17.6. The molecule has 0 aliphatic heterocycles. The van der Waals surface area contributed by atoms with Crippen LogP contribution in [-0.2, 0) is 22.4 Å². The van der Waals surface area contributed by atoms with Crippen LogP contribution >= 0.6 is 22.7 Å². The van der Waals surface area contributed by atoms with E-state index in [1.807, 2.05) is 17.5 Å². The van der Waals surface area contributed by atoms with E-state index in [4.69, 9.17) is 0 Å². The van der Waals surface area contributed by atoms with Gasteiger partial charge in [-0.15, -0.1) is 22.7 Å². The number of anilines is 2. The number of hydrogen-bond acceptors (Lipinski definition) is 8. The van der Waals surface area contributed by atoms with Crippen LogP contribution in [0.1, 0.15) is 31.8 Å². The second-order valence-corrected chi connectivity index (χ2v) is 15.3. The Morgan fingerprint density at radius 3 is 1.66 bits per heavy atom. The summed E-state index contributed by atoms with van der Waals surface area (Å²) in [5, 5.41) is 8.06. The fraction of sp³-hybridized carbons (Fsp3) is 0.143. The van der Waals surface area contributed by atoms with E-state index in [0.29, 0.717) is 29.0 Å². The van der Waals surface area contributed by atoms with Gasteiger partial charge in [-0.3, -0.25) is 24.2 Å². The number of nitrogens with one attached hydrogen (secondary N) is 2. The van der Waals surface area contributed by atoms with Crippen molar-refractivity contribution >= 4 is 78.0 Å². The smallest absolute Gasteiger partial charge is 0.253 e. The fourth-order valence-corrected chi connectivity index (χ4v) is 7.87. The maximum Gasteiger partial charge on any atom is 0.253 e. The predicted octanol–water partition coefficient (Wildman–Crippen LogP) is 7.47. The molecule has 0 saturated carbocycles. The molecule has 2 atom stereocenters. The Balaban J connectivity index is 1.13. The topological polar surface area (TPSA) is 125 Å². The summed E-state index contributed by atoms with van der Waals surface area (Å²) in [5.74, 6) is -6.35. The first kappa shape index (κ1) is 39.7. The molecule has 3 heterocycles. The quantitative estimate of drug-likeness (QED) is 0.123. The number of thiophene rings is 1. The molecular formula is C42H32F4N6O4S2. The van der Waals surface area contributed by atoms with Crippen LogP contribution in [0.5, 0.6) is 0 Å². The summed E-state index contributed by atoms with van der Waals surface area (Å²) in [6.45, 7) is 0. The van der Waals surface area contributed by atoms with Gasteiger partial charge >= 0.3 is 0 Å². The maximum absolute atomic E-state index is 14.2. The molecule has 58 heavy (non-hydrogen) atoms. The van der Waals surface area contributed by atoms with Crippen molar-refractivity contribution in [2.75, 3.05) is 23.9 Å². The van der Waals surface area contributed by atoms with Crippen LogP contribution in [0.4, 0.5) is 28.9 Å². The highest BCUT2D eigenvalue weighted by Crippen LogP contribution is 2.27. The molecule has 0 spiro atoms. The molecule has 0 aliphatic rings. The summed E-state index contributed by atoms with van der Waals surface area (Å²) < 4.78 is 58.7. The number of carbonyl (C=O) groups is 4. The number of aromatic nitrogens is 2. The molecule has 0 aliphatic carbocycles. The number of benzene rings is 4. The summed E-state index contributed by atoms with van der Waals surface area (Å²) in [7, 11) is 3.00. The summed E-state index contributed by atoms with van der Waals surface area (Å²) in [6.07, 6.45) is 1.73. The molecule has 7 aromatic rings. The highest BCUT2D eigenvalue weighted by Gasteiger charge is 2.29. The van der Waals surface area contributed by atoms with Gasteiger partial charge in [-0.25, -0.2) is 22.5 Å². The van der Waals surface area contributed by atoms with E-state index in [-0.39, 0.29) is 35.1 Å². The van der Waals surface area contributed by atoms with Crippen molar-refractivity contribution in [1.29, 1.82) is 0 Å². The van der Waals surface area contributed by atoms with E-state index in [0.717, 1.165) is 51.4 Å². The van der Waals surface area contributed by atoms with Crippen molar-refractivity contribution in [1.82, 2.24) is 20.6 Å². The maximum atomic E-state index is 14.2. The first-order valence-corrected chi connectivity index (χ1v) is 19.4. The Bertz CT molecular complexity index is 2490. The minimum Gasteiger partial charge on any atom is -0.340 e. The van der Waals surface area contributed by atoms with Crippen molar-refractivity contribution in [2.24, 2.45) is 0 Å². The molecule has 10 nitrogen and oxygen atoms in total. The minimum atomic E-state index is -1.35. The van der Waals surface area contributed by atoms with E-state index in [1.54, 1.807) is 35.8 Å². The van der Waals surface area contributed by atoms with Crippen LogP contribution in [0.2, 0.25) is 0 Å². The average molecular weight is 825 g/mol. The number of likely N-dealkylation sites (N-methyl/N-ethyl adjacent to an activating group) is 2. The molecule has 2 N–H and O–H groups in total. The molecule has 0 saturated heterocycles. The van der Waals surface area contributed by atoms with Gasteiger partial charge in [-0.2, -0.15) is 0 Å². The average Bonchev–Trinajstić information content (AvgIpc) is 3.88. The van der Waals surface area contributed by atoms with Crippen LogP contribution in [0.25, 0.3) is 20.3 Å². The largest absolute Gasteiger partial charge is 0.340 e. The van der Waals surface area contributed by atoms with Gasteiger partial charge in [0, 0.05) is 67.5 Å². The van der Waals surface area contributed by atoms with Crippen molar-refractivity contribution < 1.29 is 36.7 Å². The minimum absolute atomic E-state index is 0.0971. The molecule has 4 amide bonds. The van der Waals surface area contributed by atoms with Gasteiger partial charge in [-0.1, -0.05) is 0 Å². The van der Waals surface area contributed by atoms with E-state index in [1.165, 1.54) is 52.6 Å². The van der Waals surface area contributed by atoms with Crippen LogP contribution in [0, 0.1) is 23.3 Å². The van der Waals surface area contributed by atoms with Crippen molar-refractivity contribution in [2.45, 2.75) is 24.9 Å².